The summed E-state index contributed by atoms with van der Waals surface area (Å²) in [6.07, 6.45) is 0. The minimum atomic E-state index is 0.419. The average molecular weight is 272 g/mol. The molecule has 0 saturated heterocycles. The predicted molar refractivity (Wildman–Crippen MR) is 81.1 cm³/mol. The number of rotatable bonds is 2. The summed E-state index contributed by atoms with van der Waals surface area (Å²) in [5, 5.41) is 4.42. The van der Waals surface area contributed by atoms with E-state index in [-0.39, 0.29) is 0 Å². The van der Waals surface area contributed by atoms with E-state index in [0.717, 1.165) is 33.8 Å². The molecular weight excluding hydrogens is 252 g/mol. The monoisotopic (exact) mass is 272 g/mol. The number of hydrogen-bond acceptors (Lipinski definition) is 4. The zero-order chi connectivity index (χ0) is 14.3. The van der Waals surface area contributed by atoms with Crippen LogP contribution in [0.15, 0.2) is 12.1 Å². The lowest BCUT2D eigenvalue weighted by Crippen LogP contribution is -2.15. The summed E-state index contributed by atoms with van der Waals surface area (Å²) >= 11 is 0. The number of pyridine rings is 1. The zero-order valence-electron chi connectivity index (χ0n) is 12.4. The van der Waals surface area contributed by atoms with Gasteiger partial charge in [0.15, 0.2) is 11.5 Å². The van der Waals surface area contributed by atoms with Crippen LogP contribution in [0.1, 0.15) is 31.0 Å². The van der Waals surface area contributed by atoms with E-state index < -0.39 is 0 Å². The summed E-state index contributed by atoms with van der Waals surface area (Å²) in [6, 6.07) is 4.01. The molecule has 3 rings (SSSR count). The molecule has 4 heteroatoms. The number of benzene rings is 1. The van der Waals surface area contributed by atoms with Crippen molar-refractivity contribution in [2.45, 2.75) is 26.7 Å². The first-order chi connectivity index (χ1) is 9.61. The predicted octanol–water partition coefficient (Wildman–Crippen LogP) is 3.48. The van der Waals surface area contributed by atoms with Crippen LogP contribution in [-0.4, -0.2) is 25.2 Å². The third-order valence-corrected chi connectivity index (χ3v) is 3.70. The maximum Gasteiger partial charge on any atom is 0.163 e. The van der Waals surface area contributed by atoms with Crippen molar-refractivity contribution in [1.82, 2.24) is 4.98 Å². The Morgan fingerprint density at radius 3 is 2.40 bits per heavy atom. The summed E-state index contributed by atoms with van der Waals surface area (Å²) in [6.45, 7) is 7.64. The van der Waals surface area contributed by atoms with E-state index >= 15 is 0 Å². The van der Waals surface area contributed by atoms with E-state index in [4.69, 9.17) is 14.5 Å². The van der Waals surface area contributed by atoms with Gasteiger partial charge in [0.1, 0.15) is 13.2 Å². The number of aromatic nitrogens is 1. The van der Waals surface area contributed by atoms with Crippen molar-refractivity contribution in [2.75, 3.05) is 25.6 Å². The average Bonchev–Trinajstić information content (AvgIpc) is 2.43. The molecule has 4 nitrogen and oxygen atoms in total. The van der Waals surface area contributed by atoms with Gasteiger partial charge in [0.2, 0.25) is 0 Å². The molecule has 0 bridgehead atoms. The second-order valence-corrected chi connectivity index (χ2v) is 5.40. The number of ether oxygens (including phenoxy) is 2. The fourth-order valence-electron chi connectivity index (χ4n) is 2.91. The fraction of sp³-hybridized carbons (Fsp3) is 0.438. The summed E-state index contributed by atoms with van der Waals surface area (Å²) in [5.41, 5.74) is 4.41. The van der Waals surface area contributed by atoms with Crippen LogP contribution in [0.5, 0.6) is 11.5 Å². The molecule has 1 N–H and O–H groups in total. The topological polar surface area (TPSA) is 43.4 Å². The SMILES string of the molecule is CNc1c(C(C)C)c(C)nc2cc3c(cc12)OCCO3. The van der Waals surface area contributed by atoms with Gasteiger partial charge in [-0.2, -0.15) is 0 Å². The molecule has 2 heterocycles. The number of aryl methyl sites for hydroxylation is 1. The Morgan fingerprint density at radius 1 is 1.15 bits per heavy atom. The number of fused-ring (bicyclic) bond motifs is 2. The van der Waals surface area contributed by atoms with Crippen molar-refractivity contribution < 1.29 is 9.47 Å². The van der Waals surface area contributed by atoms with Gasteiger partial charge in [-0.05, 0) is 24.5 Å². The maximum atomic E-state index is 5.68. The van der Waals surface area contributed by atoms with Crippen LogP contribution in [0.2, 0.25) is 0 Å². The van der Waals surface area contributed by atoms with Gasteiger partial charge in [-0.25, -0.2) is 0 Å². The molecule has 1 aromatic heterocycles. The highest BCUT2D eigenvalue weighted by Crippen LogP contribution is 2.40. The highest BCUT2D eigenvalue weighted by atomic mass is 16.6. The molecule has 0 saturated carbocycles. The lowest BCUT2D eigenvalue weighted by Gasteiger charge is -2.22. The standard InChI is InChI=1S/C16H20N2O2/c1-9(2)15-10(3)18-12-8-14-13(19-5-6-20-14)7-11(12)16(15)17-4/h7-9H,5-6H2,1-4H3,(H,17,18). The van der Waals surface area contributed by atoms with E-state index in [2.05, 4.69) is 26.1 Å². The smallest absolute Gasteiger partial charge is 0.163 e. The third-order valence-electron chi connectivity index (χ3n) is 3.70. The van der Waals surface area contributed by atoms with E-state index in [9.17, 15) is 0 Å². The highest BCUT2D eigenvalue weighted by Gasteiger charge is 2.19. The van der Waals surface area contributed by atoms with Crippen LogP contribution in [0.3, 0.4) is 0 Å². The van der Waals surface area contributed by atoms with E-state index in [0.29, 0.717) is 19.1 Å². The van der Waals surface area contributed by atoms with Crippen LogP contribution in [-0.2, 0) is 0 Å². The first kappa shape index (κ1) is 13.0. The highest BCUT2D eigenvalue weighted by molar-refractivity contribution is 5.95. The second kappa shape index (κ2) is 4.85. The Labute approximate surface area is 119 Å². The minimum Gasteiger partial charge on any atom is -0.486 e. The van der Waals surface area contributed by atoms with Crippen LogP contribution in [0.25, 0.3) is 10.9 Å². The van der Waals surface area contributed by atoms with Crippen molar-refractivity contribution in [3.05, 3.63) is 23.4 Å². The lowest BCUT2D eigenvalue weighted by atomic mass is 9.96. The fourth-order valence-corrected chi connectivity index (χ4v) is 2.91. The van der Waals surface area contributed by atoms with E-state index in [1.807, 2.05) is 19.2 Å². The van der Waals surface area contributed by atoms with Gasteiger partial charge in [-0.1, -0.05) is 13.8 Å². The van der Waals surface area contributed by atoms with Gasteiger partial charge in [0.05, 0.1) is 5.52 Å². The molecular formula is C16H20N2O2. The van der Waals surface area contributed by atoms with Gasteiger partial charge in [-0.3, -0.25) is 4.98 Å². The maximum absolute atomic E-state index is 5.68. The first-order valence-electron chi connectivity index (χ1n) is 7.03. The van der Waals surface area contributed by atoms with E-state index in [1.54, 1.807) is 0 Å². The molecule has 0 amide bonds. The van der Waals surface area contributed by atoms with Gasteiger partial charge in [-0.15, -0.1) is 0 Å². The quantitative estimate of drug-likeness (QED) is 0.909. The molecule has 1 aliphatic heterocycles. The molecule has 0 atom stereocenters. The first-order valence-corrected chi connectivity index (χ1v) is 7.03. The summed E-state index contributed by atoms with van der Waals surface area (Å²) in [5.74, 6) is 2.01. The van der Waals surface area contributed by atoms with Crippen molar-refractivity contribution in [2.24, 2.45) is 0 Å². The zero-order valence-corrected chi connectivity index (χ0v) is 12.4. The number of hydrogen-bond donors (Lipinski definition) is 1. The Kier molecular flexibility index (Phi) is 3.16. The van der Waals surface area contributed by atoms with Crippen LogP contribution >= 0.6 is 0 Å². The summed E-state index contributed by atoms with van der Waals surface area (Å²) in [7, 11) is 1.96. The van der Waals surface area contributed by atoms with Gasteiger partial charge in [0, 0.05) is 29.9 Å². The van der Waals surface area contributed by atoms with E-state index in [1.165, 1.54) is 5.56 Å². The minimum absolute atomic E-state index is 0.419. The van der Waals surface area contributed by atoms with Crippen molar-refractivity contribution in [3.63, 3.8) is 0 Å². The lowest BCUT2D eigenvalue weighted by molar-refractivity contribution is 0.172. The Bertz CT molecular complexity index is 665. The van der Waals surface area contributed by atoms with Crippen molar-refractivity contribution in [3.8, 4) is 11.5 Å². The van der Waals surface area contributed by atoms with Crippen molar-refractivity contribution >= 4 is 16.6 Å². The van der Waals surface area contributed by atoms with Crippen LogP contribution in [0.4, 0.5) is 5.69 Å². The number of nitrogens with one attached hydrogen (secondary N) is 1. The Hall–Kier alpha value is -1.97. The molecule has 0 unspecified atom stereocenters. The largest absolute Gasteiger partial charge is 0.486 e. The van der Waals surface area contributed by atoms with Gasteiger partial charge >= 0.3 is 0 Å². The molecule has 2 aromatic rings. The third kappa shape index (κ3) is 1.96. The molecule has 0 fully saturated rings. The molecule has 0 radical (unpaired) electrons. The van der Waals surface area contributed by atoms with Crippen molar-refractivity contribution in [1.29, 1.82) is 0 Å². The number of anilines is 1. The van der Waals surface area contributed by atoms with Crippen LogP contribution < -0.4 is 14.8 Å². The number of nitrogens with zero attached hydrogens (tertiary/aromatic N) is 1. The molecule has 20 heavy (non-hydrogen) atoms. The van der Waals surface area contributed by atoms with Gasteiger partial charge < -0.3 is 14.8 Å². The summed E-state index contributed by atoms with van der Waals surface area (Å²) < 4.78 is 11.3. The summed E-state index contributed by atoms with van der Waals surface area (Å²) in [4.78, 5) is 4.74. The molecule has 1 aliphatic rings. The Morgan fingerprint density at radius 2 is 1.80 bits per heavy atom. The molecule has 0 spiro atoms. The molecule has 1 aromatic carbocycles. The van der Waals surface area contributed by atoms with Crippen LogP contribution in [0, 0.1) is 6.92 Å². The molecule has 0 aliphatic carbocycles. The normalized spacial score (nSPS) is 13.8. The van der Waals surface area contributed by atoms with Gasteiger partial charge in [0.25, 0.3) is 0 Å². The molecule has 106 valence electrons. The second-order valence-electron chi connectivity index (χ2n) is 5.40. The Balaban J connectivity index is 2.32.